The van der Waals surface area contributed by atoms with Gasteiger partial charge in [0.25, 0.3) is 0 Å². The van der Waals surface area contributed by atoms with Gasteiger partial charge in [-0.3, -0.25) is 10.1 Å². The fourth-order valence-electron chi connectivity index (χ4n) is 4.70. The van der Waals surface area contributed by atoms with E-state index in [4.69, 9.17) is 0 Å². The molecule has 0 atom stereocenters. The van der Waals surface area contributed by atoms with Crippen LogP contribution < -0.4 is 5.32 Å². The second-order valence-corrected chi connectivity index (χ2v) is 9.29. The molecule has 4 aromatic heterocycles. The molecule has 0 aliphatic heterocycles. The van der Waals surface area contributed by atoms with Crippen molar-refractivity contribution in [3.05, 3.63) is 103 Å². The van der Waals surface area contributed by atoms with Crippen LogP contribution in [0, 0.1) is 5.92 Å². The van der Waals surface area contributed by atoms with E-state index in [1.54, 1.807) is 0 Å². The Morgan fingerprint density at radius 1 is 1.17 bits per heavy atom. The second kappa shape index (κ2) is 8.96. The van der Waals surface area contributed by atoms with Crippen LogP contribution >= 0.6 is 0 Å². The molecular weight excluding hydrogens is 444 g/mol. The number of pyridine rings is 2. The zero-order chi connectivity index (χ0) is 24.6. The molecule has 0 spiro atoms. The molecule has 2 aliphatic carbocycles. The lowest BCUT2D eigenvalue weighted by Gasteiger charge is -2.11. The summed E-state index contributed by atoms with van der Waals surface area (Å²) in [5.41, 5.74) is 9.90. The molecule has 0 bridgehead atoms. The molecule has 36 heavy (non-hydrogen) atoms. The quantitative estimate of drug-likeness (QED) is 0.245. The molecule has 6 rings (SSSR count). The van der Waals surface area contributed by atoms with Crippen LogP contribution in [0.15, 0.2) is 91.7 Å². The van der Waals surface area contributed by atoms with Crippen LogP contribution in [0.2, 0.25) is 0 Å². The Kier molecular flexibility index (Phi) is 5.49. The highest BCUT2D eigenvalue weighted by atomic mass is 15.2. The molecule has 1 saturated carbocycles. The summed E-state index contributed by atoms with van der Waals surface area (Å²) in [5.74, 6) is 0.571. The van der Waals surface area contributed by atoms with Gasteiger partial charge in [-0.05, 0) is 67.5 Å². The van der Waals surface area contributed by atoms with Crippen molar-refractivity contribution in [2.75, 3.05) is 0 Å². The summed E-state index contributed by atoms with van der Waals surface area (Å²) in [6.45, 7) is 10.2. The van der Waals surface area contributed by atoms with E-state index in [9.17, 15) is 0 Å². The molecule has 6 heteroatoms. The van der Waals surface area contributed by atoms with Crippen LogP contribution in [-0.2, 0) is 0 Å². The van der Waals surface area contributed by atoms with Gasteiger partial charge in [0.1, 0.15) is 0 Å². The average Bonchev–Trinajstić information content (AvgIpc) is 3.28. The highest BCUT2D eigenvalue weighted by Gasteiger charge is 2.24. The van der Waals surface area contributed by atoms with Crippen molar-refractivity contribution in [3.63, 3.8) is 0 Å². The minimum Gasteiger partial charge on any atom is -0.359 e. The first kappa shape index (κ1) is 22.0. The molecule has 178 valence electrons. The monoisotopic (exact) mass is 472 g/mol. The summed E-state index contributed by atoms with van der Waals surface area (Å²) in [4.78, 5) is 12.6. The second-order valence-electron chi connectivity index (χ2n) is 9.29. The Labute approximate surface area is 210 Å². The Morgan fingerprint density at radius 3 is 2.81 bits per heavy atom. The van der Waals surface area contributed by atoms with Gasteiger partial charge in [-0.15, -0.1) is 0 Å². The fourth-order valence-corrected chi connectivity index (χ4v) is 4.70. The molecule has 3 N–H and O–H groups in total. The molecule has 0 radical (unpaired) electrons. The van der Waals surface area contributed by atoms with E-state index in [2.05, 4.69) is 86.1 Å². The van der Waals surface area contributed by atoms with Gasteiger partial charge >= 0.3 is 0 Å². The lowest BCUT2D eigenvalue weighted by Crippen LogP contribution is -2.11. The summed E-state index contributed by atoms with van der Waals surface area (Å²) in [6, 6.07) is 4.30. The smallest absolute Gasteiger partial charge is 0.181 e. The van der Waals surface area contributed by atoms with Gasteiger partial charge in [0, 0.05) is 45.7 Å². The number of rotatable bonds is 8. The predicted molar refractivity (Wildman–Crippen MR) is 148 cm³/mol. The lowest BCUT2D eigenvalue weighted by atomic mass is 10.0. The normalized spacial score (nSPS) is 16.1. The van der Waals surface area contributed by atoms with Gasteiger partial charge in [0.15, 0.2) is 5.65 Å². The van der Waals surface area contributed by atoms with Crippen LogP contribution in [0.3, 0.4) is 0 Å². The predicted octanol–water partition coefficient (Wildman–Crippen LogP) is 6.83. The van der Waals surface area contributed by atoms with Crippen LogP contribution in [0.4, 0.5) is 0 Å². The third-order valence-corrected chi connectivity index (χ3v) is 6.86. The number of hydrogen-bond acceptors (Lipinski definition) is 4. The van der Waals surface area contributed by atoms with Crippen LogP contribution in [0.25, 0.3) is 44.5 Å². The maximum Gasteiger partial charge on any atom is 0.181 e. The molecule has 0 unspecified atom stereocenters. The van der Waals surface area contributed by atoms with E-state index in [-0.39, 0.29) is 0 Å². The van der Waals surface area contributed by atoms with Crippen molar-refractivity contribution in [1.82, 2.24) is 30.5 Å². The van der Waals surface area contributed by atoms with Gasteiger partial charge in [-0.25, -0.2) is 4.98 Å². The van der Waals surface area contributed by atoms with Gasteiger partial charge < -0.3 is 10.3 Å². The van der Waals surface area contributed by atoms with E-state index in [0.717, 1.165) is 62.2 Å². The number of fused-ring (bicyclic) bond motifs is 2. The van der Waals surface area contributed by atoms with Gasteiger partial charge in [0.05, 0.1) is 23.1 Å². The lowest BCUT2D eigenvalue weighted by molar-refractivity contribution is 0.865. The standard InChI is InChI=1S/C30H28N6/c1-4-19(12-23(5-2)33-18(3)20-10-11-20)22-13-25-29(35-36-30(25)32-15-22)27-14-24-26(21-8-6-7-9-21)16-31-17-28(24)34-27/h4-6,8-9,12-17,20,33-34H,2-3,7,10-11H2,1H3,(H,32,35,36)/b19-4+,23-12+. The summed E-state index contributed by atoms with van der Waals surface area (Å²) >= 11 is 0. The molecular formula is C30H28N6. The van der Waals surface area contributed by atoms with Gasteiger partial charge in [-0.2, -0.15) is 5.10 Å². The van der Waals surface area contributed by atoms with Crippen molar-refractivity contribution < 1.29 is 0 Å². The van der Waals surface area contributed by atoms with E-state index >= 15 is 0 Å². The first-order chi connectivity index (χ1) is 17.6. The Bertz CT molecular complexity index is 1630. The minimum atomic E-state index is 0.571. The van der Waals surface area contributed by atoms with Gasteiger partial charge in [-0.1, -0.05) is 37.5 Å². The minimum absolute atomic E-state index is 0.571. The van der Waals surface area contributed by atoms with Gasteiger partial charge in [0.2, 0.25) is 0 Å². The van der Waals surface area contributed by atoms with Crippen molar-refractivity contribution in [3.8, 4) is 11.4 Å². The van der Waals surface area contributed by atoms with Crippen molar-refractivity contribution in [1.29, 1.82) is 0 Å². The average molecular weight is 473 g/mol. The molecule has 2 aliphatic rings. The highest BCUT2D eigenvalue weighted by Crippen LogP contribution is 2.35. The molecule has 4 heterocycles. The topological polar surface area (TPSA) is 82.3 Å². The Hall–Kier alpha value is -4.45. The Morgan fingerprint density at radius 2 is 2.06 bits per heavy atom. The van der Waals surface area contributed by atoms with Crippen LogP contribution in [-0.4, -0.2) is 25.1 Å². The third-order valence-electron chi connectivity index (χ3n) is 6.86. The third kappa shape index (κ3) is 4.01. The number of hydrogen-bond donors (Lipinski definition) is 3. The molecule has 0 aromatic carbocycles. The van der Waals surface area contributed by atoms with E-state index < -0.39 is 0 Å². The van der Waals surface area contributed by atoms with Crippen molar-refractivity contribution >= 4 is 33.1 Å². The van der Waals surface area contributed by atoms with Crippen molar-refractivity contribution in [2.24, 2.45) is 5.92 Å². The van der Waals surface area contributed by atoms with Crippen molar-refractivity contribution in [2.45, 2.75) is 26.2 Å². The highest BCUT2D eigenvalue weighted by molar-refractivity contribution is 6.00. The fraction of sp³-hybridized carbons (Fsp3) is 0.167. The molecule has 4 aromatic rings. The van der Waals surface area contributed by atoms with E-state index in [0.29, 0.717) is 11.6 Å². The zero-order valence-corrected chi connectivity index (χ0v) is 20.3. The summed E-state index contributed by atoms with van der Waals surface area (Å²) in [7, 11) is 0. The molecule has 6 nitrogen and oxygen atoms in total. The number of aromatic nitrogens is 5. The number of aromatic amines is 2. The summed E-state index contributed by atoms with van der Waals surface area (Å²) in [5, 5.41) is 13.2. The number of nitrogens with one attached hydrogen (secondary N) is 3. The first-order valence-electron chi connectivity index (χ1n) is 12.3. The first-order valence-corrected chi connectivity index (χ1v) is 12.3. The molecule has 0 saturated heterocycles. The SMILES string of the molecule is C=C/C(=C\C(=C/C)c1cnc2n[nH]c(-c3cc4c(C5=CCC=C5)cncc4[nH]3)c2c1)NC(=C)C1CC1. The van der Waals surface area contributed by atoms with Crippen LogP contribution in [0.1, 0.15) is 37.3 Å². The number of allylic oxidation sites excluding steroid dienone is 9. The molecule has 1 fully saturated rings. The Balaban J connectivity index is 1.38. The number of H-pyrrole nitrogens is 2. The van der Waals surface area contributed by atoms with Crippen LogP contribution in [0.5, 0.6) is 0 Å². The number of nitrogens with zero attached hydrogens (tertiary/aromatic N) is 3. The summed E-state index contributed by atoms with van der Waals surface area (Å²) in [6.07, 6.45) is 21.6. The maximum absolute atomic E-state index is 4.64. The molecule has 0 amide bonds. The maximum atomic E-state index is 4.64. The van der Waals surface area contributed by atoms with E-state index in [1.807, 2.05) is 31.6 Å². The zero-order valence-electron chi connectivity index (χ0n) is 20.3. The summed E-state index contributed by atoms with van der Waals surface area (Å²) < 4.78 is 0. The van der Waals surface area contributed by atoms with E-state index in [1.165, 1.54) is 18.4 Å². The largest absolute Gasteiger partial charge is 0.359 e.